The molecule has 1 aliphatic rings. The van der Waals surface area contributed by atoms with Gasteiger partial charge in [0.05, 0.1) is 26.2 Å². The number of hydrogen-bond donors (Lipinski definition) is 1. The summed E-state index contributed by atoms with van der Waals surface area (Å²) in [6.45, 7) is 5.14. The van der Waals surface area contributed by atoms with Crippen LogP contribution in [0, 0.1) is 6.92 Å². The Morgan fingerprint density at radius 3 is 2.78 bits per heavy atom. The molecule has 32 heavy (non-hydrogen) atoms. The predicted octanol–water partition coefficient (Wildman–Crippen LogP) is 2.82. The number of carbonyl (C=O) groups excluding carboxylic acids is 1. The number of hydrogen-bond acceptors (Lipinski definition) is 7. The molecule has 0 saturated carbocycles. The number of morpholine rings is 1. The minimum atomic E-state index is -0.172. The first-order chi connectivity index (χ1) is 15.7. The molecule has 4 rings (SSSR count). The van der Waals surface area contributed by atoms with Crippen molar-refractivity contribution in [3.63, 3.8) is 0 Å². The van der Waals surface area contributed by atoms with Gasteiger partial charge in [0.2, 0.25) is 17.7 Å². The fourth-order valence-electron chi connectivity index (χ4n) is 3.48. The number of pyridine rings is 1. The highest BCUT2D eigenvalue weighted by Crippen LogP contribution is 2.21. The van der Waals surface area contributed by atoms with Crippen LogP contribution < -0.4 is 15.0 Å². The van der Waals surface area contributed by atoms with Crippen molar-refractivity contribution in [1.29, 1.82) is 0 Å². The van der Waals surface area contributed by atoms with Crippen LogP contribution in [-0.4, -0.2) is 53.8 Å². The second-order valence-electron chi connectivity index (χ2n) is 7.62. The van der Waals surface area contributed by atoms with Gasteiger partial charge in [-0.25, -0.2) is 0 Å². The van der Waals surface area contributed by atoms with E-state index >= 15 is 0 Å². The van der Waals surface area contributed by atoms with E-state index in [2.05, 4.69) is 25.2 Å². The summed E-state index contributed by atoms with van der Waals surface area (Å²) in [4.78, 5) is 28.0. The van der Waals surface area contributed by atoms with Crippen molar-refractivity contribution < 1.29 is 14.3 Å². The largest absolute Gasteiger partial charge is 0.477 e. The number of aryl methyl sites for hydroxylation is 1. The van der Waals surface area contributed by atoms with E-state index in [4.69, 9.17) is 9.47 Å². The molecule has 0 radical (unpaired) electrons. The molecule has 0 atom stereocenters. The zero-order valence-corrected chi connectivity index (χ0v) is 18.2. The van der Waals surface area contributed by atoms with Crippen LogP contribution in [0.5, 0.6) is 5.88 Å². The van der Waals surface area contributed by atoms with Gasteiger partial charge in [-0.15, -0.1) is 0 Å². The maximum Gasteiger partial charge on any atom is 0.234 e. The van der Waals surface area contributed by atoms with E-state index in [-0.39, 0.29) is 18.3 Å². The zero-order valence-electron chi connectivity index (χ0n) is 18.2. The molecule has 0 spiro atoms. The van der Waals surface area contributed by atoms with Crippen molar-refractivity contribution in [1.82, 2.24) is 15.0 Å². The highest BCUT2D eigenvalue weighted by atomic mass is 16.5. The molecule has 8 nitrogen and oxygen atoms in total. The Hall–Kier alpha value is -3.52. The topological polar surface area (TPSA) is 89.5 Å². The molecule has 0 unspecified atom stereocenters. The van der Waals surface area contributed by atoms with Crippen LogP contribution in [0.1, 0.15) is 16.8 Å². The maximum atomic E-state index is 12.6. The smallest absolute Gasteiger partial charge is 0.234 e. The third-order valence-corrected chi connectivity index (χ3v) is 5.06. The summed E-state index contributed by atoms with van der Waals surface area (Å²) >= 11 is 0. The van der Waals surface area contributed by atoms with Crippen molar-refractivity contribution in [2.45, 2.75) is 19.8 Å². The second-order valence-corrected chi connectivity index (χ2v) is 7.62. The highest BCUT2D eigenvalue weighted by molar-refractivity contribution is 5.90. The predicted molar refractivity (Wildman–Crippen MR) is 122 cm³/mol. The minimum absolute atomic E-state index is 0.172. The molecule has 0 bridgehead atoms. The monoisotopic (exact) mass is 433 g/mol. The molecule has 1 aromatic carbocycles. The van der Waals surface area contributed by atoms with Gasteiger partial charge in [0, 0.05) is 37.5 Å². The Labute approximate surface area is 187 Å². The molecule has 1 saturated heterocycles. The Morgan fingerprint density at radius 1 is 1.12 bits per heavy atom. The van der Waals surface area contributed by atoms with Crippen molar-refractivity contribution >= 4 is 17.7 Å². The number of nitrogens with zero attached hydrogens (tertiary/aromatic N) is 4. The fourth-order valence-corrected chi connectivity index (χ4v) is 3.48. The number of rotatable bonds is 8. The van der Waals surface area contributed by atoms with Gasteiger partial charge in [-0.2, -0.15) is 9.97 Å². The van der Waals surface area contributed by atoms with E-state index in [1.807, 2.05) is 49.4 Å². The van der Waals surface area contributed by atoms with E-state index in [0.29, 0.717) is 37.9 Å². The van der Waals surface area contributed by atoms with Crippen LogP contribution in [0.4, 0.5) is 11.8 Å². The lowest BCUT2D eigenvalue weighted by atomic mass is 10.1. The van der Waals surface area contributed by atoms with Crippen LogP contribution in [0.25, 0.3) is 0 Å². The molecule has 166 valence electrons. The van der Waals surface area contributed by atoms with Gasteiger partial charge in [0.25, 0.3) is 0 Å². The van der Waals surface area contributed by atoms with Gasteiger partial charge < -0.3 is 14.4 Å². The van der Waals surface area contributed by atoms with Crippen molar-refractivity contribution in [2.24, 2.45) is 0 Å². The van der Waals surface area contributed by atoms with E-state index in [9.17, 15) is 4.79 Å². The number of aromatic nitrogens is 3. The molecular formula is C24H27N5O3. The molecule has 1 aliphatic heterocycles. The van der Waals surface area contributed by atoms with Crippen LogP contribution in [0.3, 0.4) is 0 Å². The molecule has 1 amide bonds. The number of carbonyl (C=O) groups is 1. The van der Waals surface area contributed by atoms with Crippen LogP contribution in [0.15, 0.2) is 54.7 Å². The van der Waals surface area contributed by atoms with Gasteiger partial charge in [0.15, 0.2) is 0 Å². The number of amides is 1. The summed E-state index contributed by atoms with van der Waals surface area (Å²) in [5, 5.41) is 2.83. The van der Waals surface area contributed by atoms with E-state index < -0.39 is 0 Å². The molecule has 3 aromatic rings. The molecular weight excluding hydrogens is 406 g/mol. The molecule has 2 aromatic heterocycles. The first-order valence-electron chi connectivity index (χ1n) is 10.8. The number of anilines is 2. The molecule has 8 heteroatoms. The summed E-state index contributed by atoms with van der Waals surface area (Å²) in [5.41, 5.74) is 3.00. The highest BCUT2D eigenvalue weighted by Gasteiger charge is 2.17. The van der Waals surface area contributed by atoms with E-state index in [0.717, 1.165) is 29.9 Å². The van der Waals surface area contributed by atoms with Gasteiger partial charge in [-0.05, 0) is 24.6 Å². The van der Waals surface area contributed by atoms with Crippen molar-refractivity contribution in [3.05, 3.63) is 71.5 Å². The molecule has 1 fully saturated rings. The first kappa shape index (κ1) is 21.7. The lowest BCUT2D eigenvalue weighted by Crippen LogP contribution is -2.37. The molecule has 0 aliphatic carbocycles. The summed E-state index contributed by atoms with van der Waals surface area (Å²) in [6, 6.07) is 15.5. The van der Waals surface area contributed by atoms with Gasteiger partial charge in [-0.3, -0.25) is 15.1 Å². The first-order valence-corrected chi connectivity index (χ1v) is 10.8. The van der Waals surface area contributed by atoms with E-state index in [1.54, 1.807) is 12.3 Å². The lowest BCUT2D eigenvalue weighted by molar-refractivity contribution is -0.115. The Balaban J connectivity index is 1.46. The quantitative estimate of drug-likeness (QED) is 0.584. The second kappa shape index (κ2) is 10.7. The Morgan fingerprint density at radius 2 is 2.00 bits per heavy atom. The number of ether oxygens (including phenoxy) is 2. The SMILES string of the molecule is Cc1cccc(CC(=O)Nc2nc(OCCc3ccccn3)cc(N3CCOCC3)n2)c1. The normalized spacial score (nSPS) is 13.6. The van der Waals surface area contributed by atoms with Crippen LogP contribution >= 0.6 is 0 Å². The summed E-state index contributed by atoms with van der Waals surface area (Å²) in [7, 11) is 0. The zero-order chi connectivity index (χ0) is 22.2. The van der Waals surface area contributed by atoms with Gasteiger partial charge in [0.1, 0.15) is 5.82 Å². The minimum Gasteiger partial charge on any atom is -0.477 e. The Kier molecular flexibility index (Phi) is 7.24. The van der Waals surface area contributed by atoms with E-state index in [1.165, 1.54) is 0 Å². The van der Waals surface area contributed by atoms with Crippen molar-refractivity contribution in [3.8, 4) is 5.88 Å². The maximum absolute atomic E-state index is 12.6. The average Bonchev–Trinajstić information content (AvgIpc) is 2.80. The van der Waals surface area contributed by atoms with Crippen LogP contribution in [0.2, 0.25) is 0 Å². The van der Waals surface area contributed by atoms with Crippen molar-refractivity contribution in [2.75, 3.05) is 43.1 Å². The number of benzene rings is 1. The standard InChI is InChI=1S/C24H27N5O3/c1-18-5-4-6-19(15-18)16-22(30)27-24-26-21(29-10-13-31-14-11-29)17-23(28-24)32-12-8-20-7-2-3-9-25-20/h2-7,9,15,17H,8,10-14,16H2,1H3,(H,26,27,28,30). The third-order valence-electron chi connectivity index (χ3n) is 5.06. The summed E-state index contributed by atoms with van der Waals surface area (Å²) < 4.78 is 11.3. The third kappa shape index (κ3) is 6.24. The van der Waals surface area contributed by atoms with Gasteiger partial charge >= 0.3 is 0 Å². The number of nitrogens with one attached hydrogen (secondary N) is 1. The lowest BCUT2D eigenvalue weighted by Gasteiger charge is -2.28. The van der Waals surface area contributed by atoms with Gasteiger partial charge in [-0.1, -0.05) is 35.9 Å². The molecule has 3 heterocycles. The Bertz CT molecular complexity index is 1040. The van der Waals surface area contributed by atoms with Crippen LogP contribution in [-0.2, 0) is 22.4 Å². The molecule has 1 N–H and O–H groups in total. The summed E-state index contributed by atoms with van der Waals surface area (Å²) in [5.74, 6) is 1.19. The summed E-state index contributed by atoms with van der Waals surface area (Å²) in [6.07, 6.45) is 2.67. The average molecular weight is 434 g/mol. The fraction of sp³-hybridized carbons (Fsp3) is 0.333.